The van der Waals surface area contributed by atoms with Crippen LogP contribution in [0.25, 0.3) is 0 Å². The molecule has 1 aromatic rings. The predicted octanol–water partition coefficient (Wildman–Crippen LogP) is 2.62. The third-order valence-corrected chi connectivity index (χ3v) is 3.87. The predicted molar refractivity (Wildman–Crippen MR) is 76.2 cm³/mol. The van der Waals surface area contributed by atoms with E-state index >= 15 is 0 Å². The van der Waals surface area contributed by atoms with Gasteiger partial charge in [0.25, 0.3) is 0 Å². The minimum Gasteiger partial charge on any atom is -0.312 e. The normalized spacial score (nSPS) is 10.8. The van der Waals surface area contributed by atoms with E-state index in [0.29, 0.717) is 0 Å². The van der Waals surface area contributed by atoms with Crippen LogP contribution in [0, 0.1) is 19.3 Å². The maximum Gasteiger partial charge on any atom is 0.0601 e. The highest BCUT2D eigenvalue weighted by atomic mass is 32.1. The lowest BCUT2D eigenvalue weighted by Crippen LogP contribution is -2.23. The van der Waals surface area contributed by atoms with E-state index in [1.54, 1.807) is 0 Å². The topological polar surface area (TPSA) is 15.3 Å². The molecule has 0 bridgehead atoms. The van der Waals surface area contributed by atoms with Crippen molar-refractivity contribution in [3.05, 3.63) is 21.4 Å². The summed E-state index contributed by atoms with van der Waals surface area (Å²) in [5, 5.41) is 3.36. The third-order valence-electron chi connectivity index (χ3n) is 2.78. The average molecular weight is 250 g/mol. The summed E-state index contributed by atoms with van der Waals surface area (Å²) in [5.74, 6) is 2.72. The Morgan fingerprint density at radius 3 is 2.82 bits per heavy atom. The molecule has 0 spiro atoms. The Kier molecular flexibility index (Phi) is 6.28. The minimum atomic E-state index is 0.730. The molecule has 0 aromatic carbocycles. The van der Waals surface area contributed by atoms with E-state index < -0.39 is 0 Å². The fraction of sp³-hybridized carbons (Fsp3) is 0.571. The summed E-state index contributed by atoms with van der Waals surface area (Å²) in [6, 6.07) is 2.31. The molecule has 17 heavy (non-hydrogen) atoms. The van der Waals surface area contributed by atoms with Crippen LogP contribution in [0.5, 0.6) is 0 Å². The first kappa shape index (κ1) is 14.2. The van der Waals surface area contributed by atoms with Crippen LogP contribution in [-0.2, 0) is 13.1 Å². The molecular weight excluding hydrogens is 228 g/mol. The largest absolute Gasteiger partial charge is 0.312 e. The molecule has 2 nitrogen and oxygen atoms in total. The number of hydrogen-bond donors (Lipinski definition) is 1. The molecule has 0 radical (unpaired) electrons. The van der Waals surface area contributed by atoms with Crippen molar-refractivity contribution < 1.29 is 0 Å². The van der Waals surface area contributed by atoms with Crippen molar-refractivity contribution in [1.29, 1.82) is 0 Å². The molecule has 3 heteroatoms. The van der Waals surface area contributed by atoms with E-state index in [2.05, 4.69) is 43.0 Å². The number of nitrogens with one attached hydrogen (secondary N) is 1. The zero-order valence-corrected chi connectivity index (χ0v) is 11.9. The maximum absolute atomic E-state index is 5.37. The zero-order valence-electron chi connectivity index (χ0n) is 11.0. The van der Waals surface area contributed by atoms with Crippen LogP contribution in [0.3, 0.4) is 0 Å². The fourth-order valence-corrected chi connectivity index (χ4v) is 2.75. The van der Waals surface area contributed by atoms with Crippen LogP contribution in [0.15, 0.2) is 6.07 Å². The second kappa shape index (κ2) is 7.50. The quantitative estimate of drug-likeness (QED) is 0.748. The van der Waals surface area contributed by atoms with E-state index in [0.717, 1.165) is 32.7 Å². The molecule has 94 valence electrons. The Balaban J connectivity index is 2.64. The van der Waals surface area contributed by atoms with Gasteiger partial charge in [0.05, 0.1) is 6.54 Å². The molecule has 0 aliphatic heterocycles. The average Bonchev–Trinajstić information content (AvgIpc) is 2.67. The first-order chi connectivity index (χ1) is 8.21. The van der Waals surface area contributed by atoms with Crippen molar-refractivity contribution in [1.82, 2.24) is 10.2 Å². The monoisotopic (exact) mass is 250 g/mol. The van der Waals surface area contributed by atoms with Gasteiger partial charge in [0.15, 0.2) is 0 Å². The summed E-state index contributed by atoms with van der Waals surface area (Å²) in [4.78, 5) is 5.11. The van der Waals surface area contributed by atoms with Crippen LogP contribution in [-0.4, -0.2) is 24.5 Å². The number of thiophene rings is 1. The molecule has 0 aliphatic rings. The van der Waals surface area contributed by atoms with Gasteiger partial charge in [0, 0.05) is 22.8 Å². The van der Waals surface area contributed by atoms with Gasteiger partial charge in [-0.1, -0.05) is 19.8 Å². The Morgan fingerprint density at radius 2 is 2.24 bits per heavy atom. The summed E-state index contributed by atoms with van der Waals surface area (Å²) in [5.41, 5.74) is 1.42. The van der Waals surface area contributed by atoms with Gasteiger partial charge in [-0.3, -0.25) is 4.90 Å². The Bertz CT molecular complexity index is 376. The second-order valence-electron chi connectivity index (χ2n) is 4.08. The van der Waals surface area contributed by atoms with Gasteiger partial charge >= 0.3 is 0 Å². The van der Waals surface area contributed by atoms with Gasteiger partial charge in [0.1, 0.15) is 0 Å². The van der Waals surface area contributed by atoms with Crippen molar-refractivity contribution in [2.45, 2.75) is 33.9 Å². The molecular formula is C14H22N2S. The molecule has 0 saturated heterocycles. The Labute approximate surface area is 109 Å². The highest BCUT2D eigenvalue weighted by Gasteiger charge is 2.08. The summed E-state index contributed by atoms with van der Waals surface area (Å²) in [6.45, 7) is 11.2. The van der Waals surface area contributed by atoms with Gasteiger partial charge in [-0.05, 0) is 31.6 Å². The van der Waals surface area contributed by atoms with E-state index in [1.807, 2.05) is 11.3 Å². The second-order valence-corrected chi connectivity index (χ2v) is 5.42. The number of rotatable bonds is 7. The van der Waals surface area contributed by atoms with Crippen molar-refractivity contribution >= 4 is 11.3 Å². The van der Waals surface area contributed by atoms with Crippen LogP contribution < -0.4 is 5.32 Å². The van der Waals surface area contributed by atoms with Crippen LogP contribution in [0.4, 0.5) is 0 Å². The lowest BCUT2D eigenvalue weighted by molar-refractivity contribution is 0.316. The maximum atomic E-state index is 5.37. The number of hydrogen-bond acceptors (Lipinski definition) is 3. The summed E-state index contributed by atoms with van der Waals surface area (Å²) in [7, 11) is 0. The van der Waals surface area contributed by atoms with Crippen molar-refractivity contribution in [2.75, 3.05) is 19.6 Å². The zero-order chi connectivity index (χ0) is 12.7. The molecule has 1 aromatic heterocycles. The molecule has 1 heterocycles. The smallest absolute Gasteiger partial charge is 0.0601 e. The van der Waals surface area contributed by atoms with Crippen LogP contribution in [0.2, 0.25) is 0 Å². The van der Waals surface area contributed by atoms with E-state index in [1.165, 1.54) is 15.3 Å². The summed E-state index contributed by atoms with van der Waals surface area (Å²) < 4.78 is 0. The van der Waals surface area contributed by atoms with Gasteiger partial charge in [-0.2, -0.15) is 0 Å². The standard InChI is InChI=1S/C14H22N2S/c1-5-8-16(7-3)11-13-9-14(10-15-6-2)17-12(13)4/h1,9,15H,6-8,10-11H2,2-4H3. The van der Waals surface area contributed by atoms with E-state index in [-0.39, 0.29) is 0 Å². The van der Waals surface area contributed by atoms with Gasteiger partial charge in [-0.15, -0.1) is 17.8 Å². The summed E-state index contributed by atoms with van der Waals surface area (Å²) in [6.07, 6.45) is 5.37. The lowest BCUT2D eigenvalue weighted by atomic mass is 10.2. The van der Waals surface area contributed by atoms with Crippen LogP contribution >= 0.6 is 11.3 Å². The highest BCUT2D eigenvalue weighted by Crippen LogP contribution is 2.22. The molecule has 0 amide bonds. The SMILES string of the molecule is C#CCN(CC)Cc1cc(CNCC)sc1C. The first-order valence-corrected chi connectivity index (χ1v) is 6.97. The number of aryl methyl sites for hydroxylation is 1. The Hall–Kier alpha value is -0.820. The first-order valence-electron chi connectivity index (χ1n) is 6.15. The molecule has 0 aliphatic carbocycles. The molecule has 0 fully saturated rings. The van der Waals surface area contributed by atoms with Gasteiger partial charge < -0.3 is 5.32 Å². The lowest BCUT2D eigenvalue weighted by Gasteiger charge is -2.16. The molecule has 1 N–H and O–H groups in total. The molecule has 0 saturated carbocycles. The molecule has 0 atom stereocenters. The van der Waals surface area contributed by atoms with Crippen molar-refractivity contribution in [2.24, 2.45) is 0 Å². The molecule has 0 unspecified atom stereocenters. The molecule has 1 rings (SSSR count). The van der Waals surface area contributed by atoms with Gasteiger partial charge in [-0.25, -0.2) is 0 Å². The van der Waals surface area contributed by atoms with Crippen molar-refractivity contribution in [3.8, 4) is 12.3 Å². The summed E-state index contributed by atoms with van der Waals surface area (Å²) >= 11 is 1.88. The number of nitrogens with zero attached hydrogens (tertiary/aromatic N) is 1. The Morgan fingerprint density at radius 1 is 1.47 bits per heavy atom. The fourth-order valence-electron chi connectivity index (χ4n) is 1.73. The van der Waals surface area contributed by atoms with Crippen molar-refractivity contribution in [3.63, 3.8) is 0 Å². The number of terminal acetylenes is 1. The van der Waals surface area contributed by atoms with Crippen LogP contribution in [0.1, 0.15) is 29.2 Å². The highest BCUT2D eigenvalue weighted by molar-refractivity contribution is 7.12. The van der Waals surface area contributed by atoms with E-state index in [9.17, 15) is 0 Å². The van der Waals surface area contributed by atoms with E-state index in [4.69, 9.17) is 6.42 Å². The van der Waals surface area contributed by atoms with Gasteiger partial charge in [0.2, 0.25) is 0 Å². The third kappa shape index (κ3) is 4.51. The minimum absolute atomic E-state index is 0.730.